The molecule has 3 rings (SSSR count). The molecule has 1 heterocycles. The van der Waals surface area contributed by atoms with Crippen LogP contribution in [-0.2, 0) is 19.1 Å². The summed E-state index contributed by atoms with van der Waals surface area (Å²) in [7, 11) is 0. The second-order valence-corrected chi connectivity index (χ2v) is 5.84. The molecule has 140 valence electrons. The van der Waals surface area contributed by atoms with Crippen molar-refractivity contribution < 1.29 is 28.7 Å². The third kappa shape index (κ3) is 4.27. The number of carbonyl (C=O) groups is 4. The maximum atomic E-state index is 11.9. The Morgan fingerprint density at radius 2 is 1.43 bits per heavy atom. The lowest BCUT2D eigenvalue weighted by Gasteiger charge is -2.07. The van der Waals surface area contributed by atoms with Gasteiger partial charge in [0.2, 0.25) is 5.78 Å². The highest BCUT2D eigenvalue weighted by Crippen LogP contribution is 2.24. The lowest BCUT2D eigenvalue weighted by molar-refractivity contribution is -0.128. The number of carbonyl (C=O) groups excluding carboxylic acids is 4. The minimum atomic E-state index is -0.378. The van der Waals surface area contributed by atoms with Gasteiger partial charge in [-0.05, 0) is 29.3 Å². The number of fused-ring (bicyclic) bond motifs is 1. The molecule has 0 atom stereocenters. The normalized spacial score (nSPS) is 10.3. The van der Waals surface area contributed by atoms with Crippen molar-refractivity contribution in [3.05, 3.63) is 65.9 Å². The third-order valence-corrected chi connectivity index (χ3v) is 4.08. The smallest absolute Gasteiger partial charge is 0.293 e. The van der Waals surface area contributed by atoms with Crippen molar-refractivity contribution in [2.75, 3.05) is 13.2 Å². The molecule has 28 heavy (non-hydrogen) atoms. The average molecular weight is 377 g/mol. The van der Waals surface area contributed by atoms with Crippen molar-refractivity contribution in [1.82, 2.24) is 4.98 Å². The summed E-state index contributed by atoms with van der Waals surface area (Å²) in [6, 6.07) is 15.9. The largest absolute Gasteiger partial charge is 0.459 e. The summed E-state index contributed by atoms with van der Waals surface area (Å²) in [6.07, 6.45) is 0. The predicted octanol–water partition coefficient (Wildman–Crippen LogP) is 2.61. The molecular weight excluding hydrogens is 362 g/mol. The first kappa shape index (κ1) is 18.9. The Hall–Kier alpha value is -3.87. The maximum Gasteiger partial charge on any atom is 0.293 e. The van der Waals surface area contributed by atoms with Gasteiger partial charge in [-0.3, -0.25) is 19.2 Å². The zero-order valence-corrected chi connectivity index (χ0v) is 14.7. The number of pyridine rings is 1. The van der Waals surface area contributed by atoms with E-state index in [1.165, 1.54) is 0 Å². The summed E-state index contributed by atoms with van der Waals surface area (Å²) in [6.45, 7) is -0.171. The first-order valence-electron chi connectivity index (χ1n) is 8.30. The Morgan fingerprint density at radius 3 is 2.11 bits per heavy atom. The molecule has 0 bridgehead atoms. The molecule has 0 fully saturated rings. The van der Waals surface area contributed by atoms with Gasteiger partial charge >= 0.3 is 0 Å². The van der Waals surface area contributed by atoms with Gasteiger partial charge in [-0.2, -0.15) is 0 Å². The van der Waals surface area contributed by atoms with E-state index < -0.39 is 0 Å². The lowest BCUT2D eigenvalue weighted by atomic mass is 10.0. The second-order valence-electron chi connectivity index (χ2n) is 5.84. The van der Waals surface area contributed by atoms with E-state index in [9.17, 15) is 19.2 Å². The summed E-state index contributed by atoms with van der Waals surface area (Å²) < 4.78 is 8.94. The van der Waals surface area contributed by atoms with E-state index in [-0.39, 0.29) is 43.4 Å². The van der Waals surface area contributed by atoms with E-state index in [1.807, 2.05) is 12.1 Å². The van der Waals surface area contributed by atoms with Crippen molar-refractivity contribution >= 4 is 35.4 Å². The number of hydrogen-bond acceptors (Lipinski definition) is 7. The molecule has 0 saturated heterocycles. The Kier molecular flexibility index (Phi) is 5.86. The molecule has 0 saturated carbocycles. The molecule has 0 N–H and O–H groups in total. The van der Waals surface area contributed by atoms with Crippen LogP contribution in [0.3, 0.4) is 0 Å². The minimum Gasteiger partial charge on any atom is -0.459 e. The van der Waals surface area contributed by atoms with Crippen LogP contribution >= 0.6 is 0 Å². The number of ketones is 2. The second kappa shape index (κ2) is 8.68. The van der Waals surface area contributed by atoms with Gasteiger partial charge in [-0.1, -0.05) is 36.4 Å². The van der Waals surface area contributed by atoms with Crippen molar-refractivity contribution in [3.63, 3.8) is 0 Å². The number of benzene rings is 2. The van der Waals surface area contributed by atoms with Gasteiger partial charge < -0.3 is 9.47 Å². The zero-order chi connectivity index (χ0) is 19.9. The molecule has 0 radical (unpaired) electrons. The minimum absolute atomic E-state index is 0.222. The summed E-state index contributed by atoms with van der Waals surface area (Å²) in [4.78, 5) is 48.4. The van der Waals surface area contributed by atoms with E-state index in [0.29, 0.717) is 11.1 Å². The quantitative estimate of drug-likeness (QED) is 0.417. The van der Waals surface area contributed by atoms with Crippen LogP contribution in [0.2, 0.25) is 0 Å². The molecule has 0 amide bonds. The van der Waals surface area contributed by atoms with Gasteiger partial charge in [-0.15, -0.1) is 0 Å². The topological polar surface area (TPSA) is 99.6 Å². The zero-order valence-electron chi connectivity index (χ0n) is 14.7. The van der Waals surface area contributed by atoms with Crippen LogP contribution in [0.4, 0.5) is 0 Å². The monoisotopic (exact) mass is 377 g/mol. The fourth-order valence-electron chi connectivity index (χ4n) is 2.69. The molecule has 0 spiro atoms. The molecule has 7 heteroatoms. The van der Waals surface area contributed by atoms with Crippen molar-refractivity contribution in [2.45, 2.75) is 0 Å². The highest BCUT2D eigenvalue weighted by atomic mass is 16.5. The number of aromatic nitrogens is 1. The van der Waals surface area contributed by atoms with Crippen LogP contribution in [-0.4, -0.2) is 42.7 Å². The van der Waals surface area contributed by atoms with Crippen LogP contribution in [0.5, 0.6) is 0 Å². The van der Waals surface area contributed by atoms with Gasteiger partial charge in [-0.25, -0.2) is 4.98 Å². The number of nitrogens with zero attached hydrogens (tertiary/aromatic N) is 1. The van der Waals surface area contributed by atoms with Gasteiger partial charge in [0.1, 0.15) is 5.69 Å². The fraction of sp³-hybridized carbons (Fsp3) is 0.0952. The van der Waals surface area contributed by atoms with Crippen molar-refractivity contribution in [3.8, 4) is 11.1 Å². The lowest BCUT2D eigenvalue weighted by Crippen LogP contribution is -2.10. The predicted molar refractivity (Wildman–Crippen MR) is 99.9 cm³/mol. The molecule has 0 aliphatic carbocycles. The van der Waals surface area contributed by atoms with Gasteiger partial charge in [0.15, 0.2) is 19.0 Å². The molecule has 2 aromatic carbocycles. The SMILES string of the molecule is O=COCC(=O)c1ccc(-c2ccc3nc(C(=O)COC=O)ccc3c2)cc1. The molecule has 1 aromatic heterocycles. The average Bonchev–Trinajstić information content (AvgIpc) is 2.75. The number of ether oxygens (including phenoxy) is 2. The Labute approximate surface area is 159 Å². The number of hydrogen-bond donors (Lipinski definition) is 0. The van der Waals surface area contributed by atoms with Crippen LogP contribution in [0.1, 0.15) is 20.8 Å². The Balaban J connectivity index is 1.82. The molecule has 0 unspecified atom stereocenters. The highest BCUT2D eigenvalue weighted by Gasteiger charge is 2.10. The first-order chi connectivity index (χ1) is 13.6. The van der Waals surface area contributed by atoms with Gasteiger partial charge in [0.25, 0.3) is 12.9 Å². The van der Waals surface area contributed by atoms with E-state index >= 15 is 0 Å². The van der Waals surface area contributed by atoms with Crippen LogP contribution in [0.15, 0.2) is 54.6 Å². The molecule has 0 aliphatic rings. The summed E-state index contributed by atoms with van der Waals surface area (Å²) >= 11 is 0. The Morgan fingerprint density at radius 1 is 0.786 bits per heavy atom. The van der Waals surface area contributed by atoms with Crippen LogP contribution in [0.25, 0.3) is 22.0 Å². The fourth-order valence-corrected chi connectivity index (χ4v) is 2.69. The molecule has 0 aliphatic heterocycles. The number of Topliss-reactive ketones (excluding diaryl/α,β-unsaturated/α-hetero) is 2. The third-order valence-electron chi connectivity index (χ3n) is 4.08. The van der Waals surface area contributed by atoms with Gasteiger partial charge in [0.05, 0.1) is 5.52 Å². The van der Waals surface area contributed by atoms with Crippen LogP contribution in [0, 0.1) is 0 Å². The summed E-state index contributed by atoms with van der Waals surface area (Å²) in [5, 5.41) is 0.838. The maximum absolute atomic E-state index is 11.9. The van der Waals surface area contributed by atoms with E-state index in [1.54, 1.807) is 42.5 Å². The van der Waals surface area contributed by atoms with Crippen molar-refractivity contribution in [1.29, 1.82) is 0 Å². The van der Waals surface area contributed by atoms with E-state index in [2.05, 4.69) is 14.5 Å². The first-order valence-corrected chi connectivity index (χ1v) is 8.30. The number of rotatable bonds is 9. The van der Waals surface area contributed by atoms with E-state index in [4.69, 9.17) is 0 Å². The standard InChI is InChI=1S/C21H15NO6/c23-12-27-10-20(25)15-3-1-14(2-4-15)16-5-7-18-17(9-16)6-8-19(22-18)21(26)11-28-13-24/h1-9,12-13H,10-11H2. The van der Waals surface area contributed by atoms with Crippen molar-refractivity contribution in [2.24, 2.45) is 0 Å². The highest BCUT2D eigenvalue weighted by molar-refractivity contribution is 5.99. The summed E-state index contributed by atoms with van der Waals surface area (Å²) in [5.41, 5.74) is 3.13. The van der Waals surface area contributed by atoms with E-state index in [0.717, 1.165) is 16.5 Å². The van der Waals surface area contributed by atoms with Crippen LogP contribution < -0.4 is 0 Å². The molecule has 7 nitrogen and oxygen atoms in total. The summed E-state index contributed by atoms with van der Waals surface area (Å²) in [5.74, 6) is -0.658. The van der Waals surface area contributed by atoms with Gasteiger partial charge in [0, 0.05) is 10.9 Å². The molecular formula is C21H15NO6. The Bertz CT molecular complexity index is 1040. The molecule has 3 aromatic rings.